The second kappa shape index (κ2) is 6.56. The fraction of sp³-hybridized carbons (Fsp3) is 0.882. The molecule has 0 nitrogen and oxygen atoms in total. The second-order valence-corrected chi connectivity index (χ2v) is 9.43. The Morgan fingerprint density at radius 2 is 1.28 bits per heavy atom. The van der Waals surface area contributed by atoms with E-state index in [1.807, 2.05) is 5.31 Å². The molecule has 3 aliphatic carbocycles. The lowest BCUT2D eigenvalue weighted by molar-refractivity contribution is 0.485. The van der Waals surface area contributed by atoms with Crippen LogP contribution in [0.2, 0.25) is 0 Å². The Hall–Kier alpha value is 0.170. The standard InChI is InChI=1S/C17H29P/c1-3-9-15(10-4-1)18(17-13-7-8-14-17)16-11-5-2-6-12-16/h13,15-16H,1-12,14H2. The summed E-state index contributed by atoms with van der Waals surface area (Å²) in [5, 5.41) is 1.96. The highest BCUT2D eigenvalue weighted by atomic mass is 31.1. The molecule has 0 unspecified atom stereocenters. The molecule has 18 heavy (non-hydrogen) atoms. The Balaban J connectivity index is 1.73. The van der Waals surface area contributed by atoms with E-state index in [2.05, 4.69) is 6.08 Å². The Morgan fingerprint density at radius 1 is 0.722 bits per heavy atom. The molecule has 0 aromatic carbocycles. The number of hydrogen-bond donors (Lipinski definition) is 0. The van der Waals surface area contributed by atoms with Crippen molar-refractivity contribution in [2.24, 2.45) is 0 Å². The normalized spacial score (nSPS) is 27.7. The van der Waals surface area contributed by atoms with Gasteiger partial charge in [-0.15, -0.1) is 0 Å². The molecule has 3 aliphatic rings. The van der Waals surface area contributed by atoms with Gasteiger partial charge >= 0.3 is 0 Å². The van der Waals surface area contributed by atoms with Crippen molar-refractivity contribution in [1.82, 2.24) is 0 Å². The Labute approximate surface area is 114 Å². The molecule has 0 bridgehead atoms. The zero-order valence-corrected chi connectivity index (χ0v) is 12.8. The minimum Gasteiger partial charge on any atom is -0.0808 e. The maximum Gasteiger partial charge on any atom is -0.0170 e. The molecule has 0 N–H and O–H groups in total. The molecule has 0 aliphatic heterocycles. The van der Waals surface area contributed by atoms with E-state index in [9.17, 15) is 0 Å². The van der Waals surface area contributed by atoms with Crippen LogP contribution in [-0.2, 0) is 0 Å². The van der Waals surface area contributed by atoms with Crippen molar-refractivity contribution in [3.8, 4) is 0 Å². The van der Waals surface area contributed by atoms with Crippen LogP contribution in [0.1, 0.15) is 83.5 Å². The van der Waals surface area contributed by atoms with Crippen LogP contribution in [0.15, 0.2) is 11.4 Å². The van der Waals surface area contributed by atoms with Gasteiger partial charge in [0.1, 0.15) is 0 Å². The van der Waals surface area contributed by atoms with Crippen LogP contribution in [0.4, 0.5) is 0 Å². The second-order valence-electron chi connectivity index (χ2n) is 6.58. The first-order chi connectivity index (χ1) is 8.95. The first-order valence-corrected chi connectivity index (χ1v) is 9.90. The van der Waals surface area contributed by atoms with Crippen LogP contribution in [0.5, 0.6) is 0 Å². The van der Waals surface area contributed by atoms with Gasteiger partial charge in [0.15, 0.2) is 0 Å². The molecule has 0 aromatic heterocycles. The predicted octanol–water partition coefficient (Wildman–Crippen LogP) is 6.20. The first kappa shape index (κ1) is 13.2. The highest BCUT2D eigenvalue weighted by Gasteiger charge is 2.33. The molecule has 1 heteroatoms. The van der Waals surface area contributed by atoms with Gasteiger partial charge in [0, 0.05) is 0 Å². The highest BCUT2D eigenvalue weighted by Crippen LogP contribution is 2.63. The average molecular weight is 264 g/mol. The zero-order valence-electron chi connectivity index (χ0n) is 11.9. The van der Waals surface area contributed by atoms with E-state index in [1.165, 1.54) is 57.8 Å². The molecular formula is C17H29P. The average Bonchev–Trinajstić information content (AvgIpc) is 2.95. The Bertz CT molecular complexity index is 264. The third kappa shape index (κ3) is 3.01. The van der Waals surface area contributed by atoms with Crippen LogP contribution < -0.4 is 0 Å². The monoisotopic (exact) mass is 264 g/mol. The summed E-state index contributed by atoms with van der Waals surface area (Å²) in [5.41, 5.74) is 2.25. The van der Waals surface area contributed by atoms with E-state index in [-0.39, 0.29) is 7.92 Å². The van der Waals surface area contributed by atoms with E-state index in [1.54, 1.807) is 25.7 Å². The van der Waals surface area contributed by atoms with Gasteiger partial charge in [0.2, 0.25) is 0 Å². The Morgan fingerprint density at radius 3 is 1.72 bits per heavy atom. The fourth-order valence-corrected chi connectivity index (χ4v) is 8.51. The highest BCUT2D eigenvalue weighted by molar-refractivity contribution is 7.63. The van der Waals surface area contributed by atoms with Crippen LogP contribution in [-0.4, -0.2) is 11.3 Å². The summed E-state index contributed by atoms with van der Waals surface area (Å²) in [6.07, 6.45) is 22.4. The molecule has 3 rings (SSSR count). The first-order valence-electron chi connectivity index (χ1n) is 8.42. The van der Waals surface area contributed by atoms with Crippen molar-refractivity contribution in [2.75, 3.05) is 0 Å². The number of rotatable bonds is 3. The van der Waals surface area contributed by atoms with E-state index in [0.717, 1.165) is 11.3 Å². The zero-order chi connectivity index (χ0) is 12.2. The summed E-state index contributed by atoms with van der Waals surface area (Å²) >= 11 is 0. The molecule has 0 aromatic rings. The molecular weight excluding hydrogens is 235 g/mol. The van der Waals surface area contributed by atoms with Crippen molar-refractivity contribution in [2.45, 2.75) is 94.8 Å². The molecule has 2 saturated carbocycles. The molecule has 0 saturated heterocycles. The molecule has 0 amide bonds. The minimum absolute atomic E-state index is 0.263. The molecule has 0 spiro atoms. The van der Waals surface area contributed by atoms with Gasteiger partial charge in [-0.3, -0.25) is 0 Å². The summed E-state index contributed by atoms with van der Waals surface area (Å²) in [6, 6.07) is 0. The summed E-state index contributed by atoms with van der Waals surface area (Å²) in [5.74, 6) is 0. The van der Waals surface area contributed by atoms with Gasteiger partial charge in [-0.25, -0.2) is 0 Å². The molecule has 0 heterocycles. The van der Waals surface area contributed by atoms with Gasteiger partial charge in [-0.2, -0.15) is 0 Å². The van der Waals surface area contributed by atoms with Crippen LogP contribution in [0.25, 0.3) is 0 Å². The SMILES string of the molecule is C1=C(P(C2CCCCC2)C2CCCCC2)CCC1. The van der Waals surface area contributed by atoms with Crippen molar-refractivity contribution in [3.63, 3.8) is 0 Å². The van der Waals surface area contributed by atoms with E-state index >= 15 is 0 Å². The lowest BCUT2D eigenvalue weighted by atomic mass is 9.99. The van der Waals surface area contributed by atoms with Gasteiger partial charge in [0.25, 0.3) is 0 Å². The predicted molar refractivity (Wildman–Crippen MR) is 82.6 cm³/mol. The largest absolute Gasteiger partial charge is 0.0808 e. The molecule has 0 radical (unpaired) electrons. The molecule has 0 atom stereocenters. The van der Waals surface area contributed by atoms with E-state index in [4.69, 9.17) is 0 Å². The maximum atomic E-state index is 2.66. The Kier molecular flexibility index (Phi) is 4.80. The van der Waals surface area contributed by atoms with Crippen LogP contribution in [0.3, 0.4) is 0 Å². The summed E-state index contributed by atoms with van der Waals surface area (Å²) in [4.78, 5) is 0. The molecule has 2 fully saturated rings. The van der Waals surface area contributed by atoms with Crippen molar-refractivity contribution in [3.05, 3.63) is 11.4 Å². The maximum absolute atomic E-state index is 2.66. The van der Waals surface area contributed by atoms with E-state index in [0.29, 0.717) is 0 Å². The third-order valence-electron chi connectivity index (χ3n) is 5.28. The van der Waals surface area contributed by atoms with Crippen LogP contribution >= 0.6 is 7.92 Å². The lowest BCUT2D eigenvalue weighted by Gasteiger charge is -2.39. The van der Waals surface area contributed by atoms with E-state index < -0.39 is 0 Å². The quantitative estimate of drug-likeness (QED) is 0.532. The number of hydrogen-bond acceptors (Lipinski definition) is 0. The van der Waals surface area contributed by atoms with Gasteiger partial charge in [-0.05, 0) is 61.6 Å². The minimum atomic E-state index is 0.263. The van der Waals surface area contributed by atoms with Crippen molar-refractivity contribution in [1.29, 1.82) is 0 Å². The van der Waals surface area contributed by atoms with Crippen molar-refractivity contribution >= 4 is 7.92 Å². The summed E-state index contributed by atoms with van der Waals surface area (Å²) in [7, 11) is 0.263. The van der Waals surface area contributed by atoms with Gasteiger partial charge in [-0.1, -0.05) is 52.5 Å². The summed E-state index contributed by atoms with van der Waals surface area (Å²) < 4.78 is 0. The lowest BCUT2D eigenvalue weighted by Crippen LogP contribution is -2.21. The molecule has 102 valence electrons. The topological polar surface area (TPSA) is 0 Å². The van der Waals surface area contributed by atoms with Gasteiger partial charge < -0.3 is 0 Å². The fourth-order valence-electron chi connectivity index (χ4n) is 4.37. The smallest absolute Gasteiger partial charge is 0.0170 e. The third-order valence-corrected chi connectivity index (χ3v) is 8.96. The van der Waals surface area contributed by atoms with Crippen LogP contribution in [0, 0.1) is 0 Å². The number of allylic oxidation sites excluding steroid dienone is 2. The summed E-state index contributed by atoms with van der Waals surface area (Å²) in [6.45, 7) is 0. The van der Waals surface area contributed by atoms with Crippen molar-refractivity contribution < 1.29 is 0 Å². The van der Waals surface area contributed by atoms with Gasteiger partial charge in [0.05, 0.1) is 0 Å².